The third-order valence-corrected chi connectivity index (χ3v) is 5.18. The number of carbonyl (C=O) groups is 1. The maximum Gasteiger partial charge on any atom is 0.269 e. The Bertz CT molecular complexity index is 824. The lowest BCUT2D eigenvalue weighted by atomic mass is 9.78. The van der Waals surface area contributed by atoms with Crippen LogP contribution in [-0.4, -0.2) is 17.9 Å². The molecular weight excluding hydrogens is 332 g/mol. The van der Waals surface area contributed by atoms with Crippen molar-refractivity contribution in [1.82, 2.24) is 0 Å². The van der Waals surface area contributed by atoms with Gasteiger partial charge in [0, 0.05) is 17.8 Å². The van der Waals surface area contributed by atoms with Gasteiger partial charge in [0.2, 0.25) is 5.91 Å². The molecule has 0 atom stereocenters. The Kier molecular flexibility index (Phi) is 4.93. The van der Waals surface area contributed by atoms with E-state index < -0.39 is 10.3 Å². The van der Waals surface area contributed by atoms with E-state index in [0.717, 1.165) is 48.2 Å². The van der Waals surface area contributed by atoms with E-state index in [1.807, 2.05) is 25.1 Å². The van der Waals surface area contributed by atoms with Crippen molar-refractivity contribution in [3.8, 4) is 5.75 Å². The lowest BCUT2D eigenvalue weighted by Crippen LogP contribution is -2.38. The Hall–Kier alpha value is -2.89. The molecule has 1 amide bonds. The van der Waals surface area contributed by atoms with Crippen LogP contribution in [0.3, 0.4) is 0 Å². The van der Waals surface area contributed by atoms with E-state index in [1.165, 1.54) is 12.1 Å². The molecule has 1 fully saturated rings. The summed E-state index contributed by atoms with van der Waals surface area (Å²) in [5, 5.41) is 13.9. The van der Waals surface area contributed by atoms with Crippen molar-refractivity contribution in [2.24, 2.45) is 0 Å². The number of nitro groups is 1. The quantitative estimate of drug-likeness (QED) is 0.639. The summed E-state index contributed by atoms with van der Waals surface area (Å²) in [6.45, 7) is 1.93. The van der Waals surface area contributed by atoms with E-state index in [-0.39, 0.29) is 11.6 Å². The average Bonchev–Trinajstić information content (AvgIpc) is 3.13. The van der Waals surface area contributed by atoms with Crippen LogP contribution in [0.5, 0.6) is 5.75 Å². The number of hydrogen-bond donors (Lipinski definition) is 1. The molecular formula is C20H22N2O4. The number of aryl methyl sites for hydroxylation is 1. The Morgan fingerprint density at radius 3 is 2.35 bits per heavy atom. The summed E-state index contributed by atoms with van der Waals surface area (Å²) in [4.78, 5) is 23.6. The predicted molar refractivity (Wildman–Crippen MR) is 99.6 cm³/mol. The van der Waals surface area contributed by atoms with Crippen LogP contribution in [0.15, 0.2) is 42.5 Å². The zero-order valence-corrected chi connectivity index (χ0v) is 15.0. The first-order valence-electron chi connectivity index (χ1n) is 8.67. The molecule has 6 nitrogen and oxygen atoms in total. The molecule has 2 aromatic rings. The number of non-ortho nitro benzene ring substituents is 1. The Balaban J connectivity index is 1.88. The van der Waals surface area contributed by atoms with Gasteiger partial charge in [0.15, 0.2) is 0 Å². The van der Waals surface area contributed by atoms with E-state index in [9.17, 15) is 14.9 Å². The molecule has 1 aliphatic carbocycles. The van der Waals surface area contributed by atoms with Crippen LogP contribution >= 0.6 is 0 Å². The normalized spacial score (nSPS) is 15.5. The maximum absolute atomic E-state index is 13.1. The molecule has 1 N–H and O–H groups in total. The first-order valence-corrected chi connectivity index (χ1v) is 8.67. The minimum absolute atomic E-state index is 0.0353. The van der Waals surface area contributed by atoms with E-state index in [1.54, 1.807) is 19.2 Å². The highest BCUT2D eigenvalue weighted by atomic mass is 16.6. The van der Waals surface area contributed by atoms with Gasteiger partial charge in [-0.3, -0.25) is 14.9 Å². The number of nitrogens with one attached hydrogen (secondary N) is 1. The molecule has 0 spiro atoms. The largest absolute Gasteiger partial charge is 0.496 e. The summed E-state index contributed by atoms with van der Waals surface area (Å²) in [6.07, 6.45) is 3.41. The van der Waals surface area contributed by atoms with Gasteiger partial charge in [-0.05, 0) is 49.1 Å². The molecule has 0 saturated heterocycles. The number of carbonyl (C=O) groups excluding carboxylic acids is 1. The van der Waals surface area contributed by atoms with E-state index in [4.69, 9.17) is 4.74 Å². The molecule has 1 aliphatic rings. The van der Waals surface area contributed by atoms with Crippen LogP contribution < -0.4 is 10.1 Å². The highest BCUT2D eigenvalue weighted by Gasteiger charge is 2.42. The predicted octanol–water partition coefficient (Wildman–Crippen LogP) is 4.36. The van der Waals surface area contributed by atoms with Crippen LogP contribution in [0.25, 0.3) is 0 Å². The Labute approximate surface area is 152 Å². The van der Waals surface area contributed by atoms with Gasteiger partial charge in [-0.15, -0.1) is 0 Å². The van der Waals surface area contributed by atoms with Crippen LogP contribution in [0.1, 0.15) is 36.8 Å². The van der Waals surface area contributed by atoms with Gasteiger partial charge in [-0.2, -0.15) is 0 Å². The van der Waals surface area contributed by atoms with Crippen molar-refractivity contribution in [1.29, 1.82) is 0 Å². The lowest BCUT2D eigenvalue weighted by molar-refractivity contribution is -0.384. The number of amides is 1. The third-order valence-electron chi connectivity index (χ3n) is 5.18. The molecule has 6 heteroatoms. The SMILES string of the molecule is COc1ccc(NC(=O)C2(c3ccc([N+](=O)[O-])cc3)CCCC2)cc1C. The van der Waals surface area contributed by atoms with E-state index in [0.29, 0.717) is 0 Å². The van der Waals surface area contributed by atoms with Crippen molar-refractivity contribution in [2.45, 2.75) is 38.0 Å². The molecule has 0 radical (unpaired) electrons. The van der Waals surface area contributed by atoms with Gasteiger partial charge >= 0.3 is 0 Å². The van der Waals surface area contributed by atoms with Crippen LogP contribution in [-0.2, 0) is 10.2 Å². The van der Waals surface area contributed by atoms with Crippen LogP contribution in [0.4, 0.5) is 11.4 Å². The number of hydrogen-bond acceptors (Lipinski definition) is 4. The number of ether oxygens (including phenoxy) is 1. The van der Waals surface area contributed by atoms with Gasteiger partial charge in [-0.1, -0.05) is 25.0 Å². The second kappa shape index (κ2) is 7.15. The average molecular weight is 354 g/mol. The second-order valence-electron chi connectivity index (χ2n) is 6.73. The van der Waals surface area contributed by atoms with Crippen molar-refractivity contribution in [3.05, 3.63) is 63.7 Å². The maximum atomic E-state index is 13.1. The van der Waals surface area contributed by atoms with Gasteiger partial charge < -0.3 is 10.1 Å². The third kappa shape index (κ3) is 3.27. The summed E-state index contributed by atoms with van der Waals surface area (Å²) >= 11 is 0. The molecule has 136 valence electrons. The molecule has 0 heterocycles. The van der Waals surface area contributed by atoms with Gasteiger partial charge in [0.1, 0.15) is 5.75 Å². The van der Waals surface area contributed by atoms with Crippen molar-refractivity contribution in [3.63, 3.8) is 0 Å². The smallest absolute Gasteiger partial charge is 0.269 e. The number of methoxy groups -OCH3 is 1. The number of nitrogens with zero attached hydrogens (tertiary/aromatic N) is 1. The minimum Gasteiger partial charge on any atom is -0.496 e. The van der Waals surface area contributed by atoms with E-state index >= 15 is 0 Å². The van der Waals surface area contributed by atoms with E-state index in [2.05, 4.69) is 5.32 Å². The Morgan fingerprint density at radius 2 is 1.81 bits per heavy atom. The van der Waals surface area contributed by atoms with Crippen LogP contribution in [0.2, 0.25) is 0 Å². The van der Waals surface area contributed by atoms with Crippen molar-refractivity contribution < 1.29 is 14.5 Å². The first kappa shape index (κ1) is 17.9. The van der Waals surface area contributed by atoms with Gasteiger partial charge in [0.05, 0.1) is 17.4 Å². The monoisotopic (exact) mass is 354 g/mol. The summed E-state index contributed by atoms with van der Waals surface area (Å²) in [6, 6.07) is 11.9. The molecule has 0 aliphatic heterocycles. The highest BCUT2D eigenvalue weighted by molar-refractivity contribution is 5.99. The molecule has 0 unspecified atom stereocenters. The summed E-state index contributed by atoms with van der Waals surface area (Å²) < 4.78 is 5.26. The summed E-state index contributed by atoms with van der Waals surface area (Å²) in [5.74, 6) is 0.711. The molecule has 0 aromatic heterocycles. The summed E-state index contributed by atoms with van der Waals surface area (Å²) in [5.41, 5.74) is 1.90. The Morgan fingerprint density at radius 1 is 1.15 bits per heavy atom. The topological polar surface area (TPSA) is 81.5 Å². The standard InChI is InChI=1S/C20H22N2O4/c1-14-13-16(7-10-18(14)26-2)21-19(23)20(11-3-4-12-20)15-5-8-17(9-6-15)22(24)25/h5-10,13H,3-4,11-12H2,1-2H3,(H,21,23). The number of nitro benzene ring substituents is 1. The fraction of sp³-hybridized carbons (Fsp3) is 0.350. The second-order valence-corrected chi connectivity index (χ2v) is 6.73. The van der Waals surface area contributed by atoms with Crippen molar-refractivity contribution >= 4 is 17.3 Å². The molecule has 0 bridgehead atoms. The molecule has 2 aromatic carbocycles. The fourth-order valence-corrected chi connectivity index (χ4v) is 3.73. The molecule has 3 rings (SSSR count). The summed E-state index contributed by atoms with van der Waals surface area (Å²) in [7, 11) is 1.61. The van der Waals surface area contributed by atoms with Gasteiger partial charge in [-0.25, -0.2) is 0 Å². The number of rotatable bonds is 5. The fourth-order valence-electron chi connectivity index (χ4n) is 3.73. The number of benzene rings is 2. The minimum atomic E-state index is -0.636. The zero-order chi connectivity index (χ0) is 18.7. The highest BCUT2D eigenvalue weighted by Crippen LogP contribution is 2.42. The zero-order valence-electron chi connectivity index (χ0n) is 15.0. The number of anilines is 1. The van der Waals surface area contributed by atoms with Crippen LogP contribution in [0, 0.1) is 17.0 Å². The van der Waals surface area contributed by atoms with Gasteiger partial charge in [0.25, 0.3) is 5.69 Å². The molecule has 26 heavy (non-hydrogen) atoms. The molecule has 1 saturated carbocycles. The van der Waals surface area contributed by atoms with Crippen molar-refractivity contribution in [2.75, 3.05) is 12.4 Å². The first-order chi connectivity index (χ1) is 12.5. The lowest BCUT2D eigenvalue weighted by Gasteiger charge is -2.28.